The van der Waals surface area contributed by atoms with Gasteiger partial charge in [0, 0.05) is 12.3 Å². The molecule has 1 fully saturated rings. The average molecular weight is 725 g/mol. The second-order valence-corrected chi connectivity index (χ2v) is 25.3. The Hall–Kier alpha value is -2.63. The topological polar surface area (TPSA) is 131 Å². The Labute approximate surface area is 291 Å². The minimum atomic E-state index is -2.17. The molecule has 2 aliphatic heterocycles. The molecule has 1 saturated heterocycles. The Morgan fingerprint density at radius 3 is 2.46 bits per heavy atom. The summed E-state index contributed by atoms with van der Waals surface area (Å²) in [6.07, 6.45) is 0.974. The van der Waals surface area contributed by atoms with Gasteiger partial charge in [0.2, 0.25) is 0 Å². The van der Waals surface area contributed by atoms with Gasteiger partial charge in [-0.3, -0.25) is 4.57 Å². The van der Waals surface area contributed by atoms with Gasteiger partial charge >= 0.3 is 11.8 Å². The van der Waals surface area contributed by atoms with Crippen molar-refractivity contribution in [3.63, 3.8) is 0 Å². The maximum Gasteiger partial charge on any atom is 0.407 e. The lowest BCUT2D eigenvalue weighted by Crippen LogP contribution is -2.48. The van der Waals surface area contributed by atoms with Crippen molar-refractivity contribution in [2.45, 2.75) is 109 Å². The van der Waals surface area contributed by atoms with E-state index in [1.54, 1.807) is 24.4 Å². The fourth-order valence-corrected chi connectivity index (χ4v) is 7.17. The van der Waals surface area contributed by atoms with Crippen LogP contribution in [-0.4, -0.2) is 76.7 Å². The zero-order valence-corrected chi connectivity index (χ0v) is 32.8. The van der Waals surface area contributed by atoms with E-state index in [4.69, 9.17) is 39.4 Å². The summed E-state index contributed by atoms with van der Waals surface area (Å²) >= 11 is 5.61. The molecule has 3 heterocycles. The van der Waals surface area contributed by atoms with Crippen LogP contribution < -0.4 is 25.8 Å². The quantitative estimate of drug-likeness (QED) is 0.104. The Morgan fingerprint density at radius 2 is 1.79 bits per heavy atom. The predicted octanol–water partition coefficient (Wildman–Crippen LogP) is 7.53. The monoisotopic (exact) mass is 724 g/mol. The van der Waals surface area contributed by atoms with E-state index < -0.39 is 34.6 Å². The molecule has 2 aliphatic rings. The van der Waals surface area contributed by atoms with Crippen molar-refractivity contribution in [3.8, 4) is 17.2 Å². The van der Waals surface area contributed by atoms with E-state index in [1.807, 2.05) is 0 Å². The number of nitrogens with zero attached hydrogens (tertiary/aromatic N) is 2. The summed E-state index contributed by atoms with van der Waals surface area (Å²) in [7, 11) is -4.23. The lowest BCUT2D eigenvalue weighted by molar-refractivity contribution is -0.0413. The van der Waals surface area contributed by atoms with Crippen LogP contribution in [0, 0.1) is 0 Å². The lowest BCUT2D eigenvalue weighted by Gasteiger charge is -2.40. The SMILES string of the molecule is CC(C)(C)[Si](C)(C)OC[C@H]1O[C@@H](n2cc3c(nc2=O)Nc2c(OCCNC(=O)OCCCCl)cccc2O3)C[C@@H]1O[Si](C)(C)C(C)(C)C. The molecular weight excluding hydrogens is 672 g/mol. The number of fused-ring (bicyclic) bond motifs is 2. The Kier molecular flexibility index (Phi) is 12.0. The van der Waals surface area contributed by atoms with E-state index in [9.17, 15) is 9.59 Å². The van der Waals surface area contributed by atoms with Crippen molar-refractivity contribution in [1.82, 2.24) is 14.9 Å². The third kappa shape index (κ3) is 9.13. The number of benzene rings is 1. The van der Waals surface area contributed by atoms with Crippen LogP contribution in [0.3, 0.4) is 0 Å². The molecule has 15 heteroatoms. The highest BCUT2D eigenvalue weighted by atomic mass is 35.5. The molecule has 0 aliphatic carbocycles. The fraction of sp³-hybridized carbons (Fsp3) is 0.667. The van der Waals surface area contributed by atoms with Gasteiger partial charge in [-0.2, -0.15) is 4.98 Å². The van der Waals surface area contributed by atoms with Crippen molar-refractivity contribution < 1.29 is 32.6 Å². The van der Waals surface area contributed by atoms with Crippen LogP contribution in [0.2, 0.25) is 36.3 Å². The van der Waals surface area contributed by atoms with Crippen LogP contribution in [0.4, 0.5) is 16.3 Å². The third-order valence-electron chi connectivity index (χ3n) is 9.67. The number of nitrogens with one attached hydrogen (secondary N) is 2. The molecule has 12 nitrogen and oxygen atoms in total. The number of ether oxygens (including phenoxy) is 4. The van der Waals surface area contributed by atoms with Crippen molar-refractivity contribution in [3.05, 3.63) is 34.9 Å². The summed E-state index contributed by atoms with van der Waals surface area (Å²) in [4.78, 5) is 29.6. The van der Waals surface area contributed by atoms with Gasteiger partial charge in [0.05, 0.1) is 32.1 Å². The van der Waals surface area contributed by atoms with E-state index in [1.165, 1.54) is 4.57 Å². The van der Waals surface area contributed by atoms with Gasteiger partial charge in [-0.15, -0.1) is 11.6 Å². The molecular formula is C33H53ClN4O8Si2. The molecule has 0 unspecified atom stereocenters. The molecule has 2 N–H and O–H groups in total. The first-order chi connectivity index (χ1) is 22.3. The van der Waals surface area contributed by atoms with Gasteiger partial charge in [-0.25, -0.2) is 9.59 Å². The minimum Gasteiger partial charge on any atom is -0.489 e. The zero-order chi connectivity index (χ0) is 35.5. The van der Waals surface area contributed by atoms with Gasteiger partial charge in [-0.05, 0) is 54.8 Å². The van der Waals surface area contributed by atoms with Crippen LogP contribution in [0.5, 0.6) is 17.2 Å². The molecule has 0 spiro atoms. The number of hydrogen-bond donors (Lipinski definition) is 2. The van der Waals surface area contributed by atoms with Crippen molar-refractivity contribution in [2.75, 3.05) is 37.6 Å². The van der Waals surface area contributed by atoms with Crippen LogP contribution in [0.1, 0.15) is 60.6 Å². The van der Waals surface area contributed by atoms with Crippen LogP contribution in [0.25, 0.3) is 0 Å². The normalized spacial score (nSPS) is 19.5. The number of para-hydroxylation sites is 1. The van der Waals surface area contributed by atoms with Gasteiger partial charge in [-0.1, -0.05) is 47.6 Å². The Bertz CT molecular complexity index is 1490. The average Bonchev–Trinajstić information content (AvgIpc) is 3.37. The van der Waals surface area contributed by atoms with E-state index in [0.717, 1.165) is 0 Å². The molecule has 1 aromatic heterocycles. The second kappa shape index (κ2) is 15.1. The van der Waals surface area contributed by atoms with Crippen molar-refractivity contribution in [1.29, 1.82) is 0 Å². The summed E-state index contributed by atoms with van der Waals surface area (Å²) in [6, 6.07) is 5.36. The summed E-state index contributed by atoms with van der Waals surface area (Å²) < 4.78 is 38.7. The number of amides is 1. The third-order valence-corrected chi connectivity index (χ3v) is 18.9. The number of carbonyl (C=O) groups excluding carboxylic acids is 1. The summed E-state index contributed by atoms with van der Waals surface area (Å²) in [5.41, 5.74) is 0.0488. The number of alkyl carbamates (subject to hydrolysis) is 1. The number of halogens is 1. The standard InChI is InChI=1S/C33H53ClN4O8Si2/c1-32(2,3)47(7,8)43-21-26-24(46-48(9,10)33(4,5)6)19-27(45-26)38-20-25-29(37-30(38)39)36-28-22(13-11-14-23(28)44-25)41-18-16-35-31(40)42-17-12-15-34/h11,13-14,20,24,26-27H,12,15-19,21H2,1-10H3,(H,35,40)(H,36,37,39)/t24-,26+,27+/m0/s1. The smallest absolute Gasteiger partial charge is 0.407 e. The fourth-order valence-electron chi connectivity index (χ4n) is 4.69. The maximum absolute atomic E-state index is 13.5. The van der Waals surface area contributed by atoms with Crippen molar-refractivity contribution in [2.24, 2.45) is 0 Å². The number of alkyl halides is 1. The summed E-state index contributed by atoms with van der Waals surface area (Å²) in [5, 5.41) is 5.87. The highest BCUT2D eigenvalue weighted by Crippen LogP contribution is 2.46. The highest BCUT2D eigenvalue weighted by Gasteiger charge is 2.47. The van der Waals surface area contributed by atoms with Crippen LogP contribution >= 0.6 is 11.6 Å². The molecule has 0 saturated carbocycles. The highest BCUT2D eigenvalue weighted by molar-refractivity contribution is 6.74. The first kappa shape index (κ1) is 38.2. The van der Waals surface area contributed by atoms with Gasteiger partial charge < -0.3 is 38.4 Å². The molecule has 0 bridgehead atoms. The first-order valence-electron chi connectivity index (χ1n) is 16.6. The summed E-state index contributed by atoms with van der Waals surface area (Å²) in [5.74, 6) is 2.06. The molecule has 268 valence electrons. The number of rotatable bonds is 13. The van der Waals surface area contributed by atoms with E-state index in [2.05, 4.69) is 83.3 Å². The van der Waals surface area contributed by atoms with E-state index in [0.29, 0.717) is 48.3 Å². The zero-order valence-electron chi connectivity index (χ0n) is 30.0. The molecule has 2 aromatic rings. The summed E-state index contributed by atoms with van der Waals surface area (Å²) in [6.45, 7) is 23.2. The molecule has 0 radical (unpaired) electrons. The van der Waals surface area contributed by atoms with E-state index in [-0.39, 0.29) is 47.9 Å². The molecule has 1 amide bonds. The second-order valence-electron chi connectivity index (χ2n) is 15.3. The number of hydrogen-bond acceptors (Lipinski definition) is 10. The largest absolute Gasteiger partial charge is 0.489 e. The van der Waals surface area contributed by atoms with E-state index >= 15 is 0 Å². The maximum atomic E-state index is 13.5. The Morgan fingerprint density at radius 1 is 1.08 bits per heavy atom. The molecule has 48 heavy (non-hydrogen) atoms. The first-order valence-corrected chi connectivity index (χ1v) is 23.0. The number of carbonyl (C=O) groups is 1. The number of aromatic nitrogens is 2. The van der Waals surface area contributed by atoms with Gasteiger partial charge in [0.1, 0.15) is 30.4 Å². The van der Waals surface area contributed by atoms with Gasteiger partial charge in [0.25, 0.3) is 0 Å². The minimum absolute atomic E-state index is 0.00216. The van der Waals surface area contributed by atoms with Crippen LogP contribution in [-0.2, 0) is 18.3 Å². The molecule has 1 aromatic carbocycles. The predicted molar refractivity (Wildman–Crippen MR) is 192 cm³/mol. The number of anilines is 2. The van der Waals surface area contributed by atoms with Gasteiger partial charge in [0.15, 0.2) is 34.0 Å². The van der Waals surface area contributed by atoms with Crippen LogP contribution in [0.15, 0.2) is 29.2 Å². The Balaban J connectivity index is 1.49. The molecule has 3 atom stereocenters. The molecule has 4 rings (SSSR count). The lowest BCUT2D eigenvalue weighted by atomic mass is 10.2. The van der Waals surface area contributed by atoms with Crippen molar-refractivity contribution >= 4 is 45.8 Å².